The predicted octanol–water partition coefficient (Wildman–Crippen LogP) is 3.63. The third-order valence-corrected chi connectivity index (χ3v) is 5.09. The van der Waals surface area contributed by atoms with Crippen LogP contribution in [0.3, 0.4) is 0 Å². The molecule has 28 heavy (non-hydrogen) atoms. The number of halogens is 1. The summed E-state index contributed by atoms with van der Waals surface area (Å²) in [6.07, 6.45) is 0. The fraction of sp³-hybridized carbons (Fsp3) is 0.273. The Morgan fingerprint density at radius 1 is 1.07 bits per heavy atom. The second-order valence-electron chi connectivity index (χ2n) is 7.21. The van der Waals surface area contributed by atoms with Gasteiger partial charge in [-0.1, -0.05) is 53.6 Å². The van der Waals surface area contributed by atoms with Crippen LogP contribution < -0.4 is 0 Å². The maximum Gasteiger partial charge on any atom is 0.295 e. The molecule has 0 unspecified atom stereocenters. The minimum atomic E-state index is -0.670. The van der Waals surface area contributed by atoms with Crippen molar-refractivity contribution in [3.8, 4) is 0 Å². The van der Waals surface area contributed by atoms with E-state index < -0.39 is 17.7 Å². The number of Topliss-reactive ketones (excluding diaryl/α,β-unsaturated/α-hetero) is 1. The SMILES string of the molecule is Cc1ccc(C(O)=C2C(=O)C(=O)N(CCN(C)C)[C@@H]2c2ccc(Cl)cc2)cc1. The van der Waals surface area contributed by atoms with E-state index in [1.165, 1.54) is 4.90 Å². The maximum absolute atomic E-state index is 12.8. The lowest BCUT2D eigenvalue weighted by atomic mass is 9.95. The predicted molar refractivity (Wildman–Crippen MR) is 110 cm³/mol. The van der Waals surface area contributed by atoms with E-state index in [1.807, 2.05) is 38.1 Å². The Kier molecular flexibility index (Phi) is 5.87. The summed E-state index contributed by atoms with van der Waals surface area (Å²) in [6, 6.07) is 13.5. The van der Waals surface area contributed by atoms with Crippen molar-refractivity contribution in [2.45, 2.75) is 13.0 Å². The van der Waals surface area contributed by atoms with Crippen LogP contribution in [-0.2, 0) is 9.59 Å². The first-order valence-electron chi connectivity index (χ1n) is 9.05. The lowest BCUT2D eigenvalue weighted by Gasteiger charge is -2.26. The number of hydrogen-bond acceptors (Lipinski definition) is 4. The molecular formula is C22H23ClN2O3. The van der Waals surface area contributed by atoms with E-state index in [4.69, 9.17) is 11.6 Å². The van der Waals surface area contributed by atoms with Crippen LogP contribution in [0.4, 0.5) is 0 Å². The van der Waals surface area contributed by atoms with Gasteiger partial charge in [0.2, 0.25) is 0 Å². The molecule has 1 atom stereocenters. The van der Waals surface area contributed by atoms with Gasteiger partial charge < -0.3 is 14.9 Å². The smallest absolute Gasteiger partial charge is 0.295 e. The largest absolute Gasteiger partial charge is 0.507 e. The highest BCUT2D eigenvalue weighted by Gasteiger charge is 2.45. The Hall–Kier alpha value is -2.63. The number of ketones is 1. The molecule has 0 spiro atoms. The van der Waals surface area contributed by atoms with Gasteiger partial charge in [-0.3, -0.25) is 9.59 Å². The number of likely N-dealkylation sites (N-methyl/N-ethyl adjacent to an activating group) is 1. The van der Waals surface area contributed by atoms with Crippen molar-refractivity contribution in [3.05, 3.63) is 75.8 Å². The summed E-state index contributed by atoms with van der Waals surface area (Å²) in [5.74, 6) is -1.43. The molecule has 146 valence electrons. The minimum absolute atomic E-state index is 0.106. The van der Waals surface area contributed by atoms with Gasteiger partial charge in [-0.25, -0.2) is 0 Å². The van der Waals surface area contributed by atoms with E-state index in [-0.39, 0.29) is 11.3 Å². The van der Waals surface area contributed by atoms with Gasteiger partial charge >= 0.3 is 0 Å². The van der Waals surface area contributed by atoms with Gasteiger partial charge in [-0.05, 0) is 38.7 Å². The number of aliphatic hydroxyl groups is 1. The van der Waals surface area contributed by atoms with Crippen molar-refractivity contribution < 1.29 is 14.7 Å². The van der Waals surface area contributed by atoms with E-state index in [9.17, 15) is 14.7 Å². The summed E-state index contributed by atoms with van der Waals surface area (Å²) in [7, 11) is 3.81. The zero-order chi connectivity index (χ0) is 20.4. The van der Waals surface area contributed by atoms with Crippen molar-refractivity contribution in [3.63, 3.8) is 0 Å². The van der Waals surface area contributed by atoms with Crippen LogP contribution in [0.25, 0.3) is 5.76 Å². The summed E-state index contributed by atoms with van der Waals surface area (Å²) < 4.78 is 0. The van der Waals surface area contributed by atoms with Crippen LogP contribution in [0.15, 0.2) is 54.1 Å². The van der Waals surface area contributed by atoms with Crippen LogP contribution in [0.1, 0.15) is 22.7 Å². The molecule has 1 aliphatic heterocycles. The number of aliphatic hydroxyl groups excluding tert-OH is 1. The summed E-state index contributed by atoms with van der Waals surface area (Å²) >= 11 is 6.01. The second kappa shape index (κ2) is 8.17. The van der Waals surface area contributed by atoms with Gasteiger partial charge in [0.05, 0.1) is 11.6 Å². The van der Waals surface area contributed by atoms with E-state index in [2.05, 4.69) is 0 Å². The van der Waals surface area contributed by atoms with Crippen molar-refractivity contribution in [1.82, 2.24) is 9.80 Å². The monoisotopic (exact) mass is 398 g/mol. The highest BCUT2D eigenvalue weighted by atomic mass is 35.5. The summed E-state index contributed by atoms with van der Waals surface area (Å²) in [5, 5.41) is 11.5. The zero-order valence-corrected chi connectivity index (χ0v) is 16.9. The van der Waals surface area contributed by atoms with Gasteiger partial charge in [0.15, 0.2) is 0 Å². The van der Waals surface area contributed by atoms with Crippen LogP contribution in [0, 0.1) is 6.92 Å². The number of likely N-dealkylation sites (tertiary alicyclic amines) is 1. The Morgan fingerprint density at radius 3 is 2.25 bits per heavy atom. The molecule has 6 heteroatoms. The molecule has 0 aliphatic carbocycles. The number of carbonyl (C=O) groups excluding carboxylic acids is 2. The first kappa shape index (κ1) is 20.1. The first-order chi connectivity index (χ1) is 13.3. The van der Waals surface area contributed by atoms with Crippen molar-refractivity contribution in [2.75, 3.05) is 27.2 Å². The van der Waals surface area contributed by atoms with Gasteiger partial charge in [-0.15, -0.1) is 0 Å². The Morgan fingerprint density at radius 2 is 1.68 bits per heavy atom. The lowest BCUT2D eigenvalue weighted by Crippen LogP contribution is -2.35. The molecule has 2 aromatic carbocycles. The van der Waals surface area contributed by atoms with Crippen LogP contribution >= 0.6 is 11.6 Å². The number of amides is 1. The summed E-state index contributed by atoms with van der Waals surface area (Å²) in [6.45, 7) is 2.91. The topological polar surface area (TPSA) is 60.9 Å². The molecule has 0 bridgehead atoms. The standard InChI is InChI=1S/C22H23ClN2O3/c1-14-4-6-16(7-5-14)20(26)18-19(15-8-10-17(23)11-9-15)25(13-12-24(2)3)22(28)21(18)27/h4-11,19,26H,12-13H2,1-3H3/t19-/m1/s1. The third-order valence-electron chi connectivity index (χ3n) is 4.84. The average Bonchev–Trinajstić information content (AvgIpc) is 2.91. The molecule has 1 fully saturated rings. The fourth-order valence-corrected chi connectivity index (χ4v) is 3.40. The molecule has 1 saturated heterocycles. The molecule has 1 N–H and O–H groups in total. The van der Waals surface area contributed by atoms with Crippen molar-refractivity contribution in [2.24, 2.45) is 0 Å². The van der Waals surface area contributed by atoms with E-state index in [1.54, 1.807) is 36.4 Å². The van der Waals surface area contributed by atoms with Gasteiger partial charge in [-0.2, -0.15) is 0 Å². The van der Waals surface area contributed by atoms with Crippen LogP contribution in [0.5, 0.6) is 0 Å². The third kappa shape index (κ3) is 3.96. The van der Waals surface area contributed by atoms with Gasteiger partial charge in [0, 0.05) is 23.7 Å². The molecule has 3 rings (SSSR count). The Labute approximate surface area is 169 Å². The molecule has 0 aromatic heterocycles. The molecule has 0 saturated carbocycles. The summed E-state index contributed by atoms with van der Waals surface area (Å²) in [4.78, 5) is 29.1. The minimum Gasteiger partial charge on any atom is -0.507 e. The van der Waals surface area contributed by atoms with Gasteiger partial charge in [0.1, 0.15) is 5.76 Å². The fourth-order valence-electron chi connectivity index (χ4n) is 3.28. The highest BCUT2D eigenvalue weighted by Crippen LogP contribution is 2.39. The zero-order valence-electron chi connectivity index (χ0n) is 16.1. The molecule has 5 nitrogen and oxygen atoms in total. The normalized spacial score (nSPS) is 18.9. The molecular weight excluding hydrogens is 376 g/mol. The summed E-state index contributed by atoms with van der Waals surface area (Å²) in [5.41, 5.74) is 2.39. The lowest BCUT2D eigenvalue weighted by molar-refractivity contribution is -0.140. The molecule has 1 heterocycles. The van der Waals surface area contributed by atoms with Gasteiger partial charge in [0.25, 0.3) is 11.7 Å². The Balaban J connectivity index is 2.13. The van der Waals surface area contributed by atoms with Crippen molar-refractivity contribution in [1.29, 1.82) is 0 Å². The van der Waals surface area contributed by atoms with Crippen LogP contribution in [0.2, 0.25) is 5.02 Å². The van der Waals surface area contributed by atoms with E-state index >= 15 is 0 Å². The number of hydrogen-bond donors (Lipinski definition) is 1. The number of rotatable bonds is 5. The van der Waals surface area contributed by atoms with Crippen LogP contribution in [-0.4, -0.2) is 53.8 Å². The van der Waals surface area contributed by atoms with E-state index in [0.717, 1.165) is 11.1 Å². The quantitative estimate of drug-likeness (QED) is 0.474. The number of carbonyl (C=O) groups is 2. The highest BCUT2D eigenvalue weighted by molar-refractivity contribution is 6.46. The maximum atomic E-state index is 12.8. The van der Waals surface area contributed by atoms with Crippen molar-refractivity contribution >= 4 is 29.1 Å². The molecule has 1 aliphatic rings. The molecule has 0 radical (unpaired) electrons. The number of nitrogens with zero attached hydrogens (tertiary/aromatic N) is 2. The van der Waals surface area contributed by atoms with E-state index in [0.29, 0.717) is 23.7 Å². The number of aryl methyl sites for hydroxylation is 1. The molecule has 2 aromatic rings. The molecule has 1 amide bonds. The average molecular weight is 399 g/mol. The Bertz CT molecular complexity index is 918. The first-order valence-corrected chi connectivity index (χ1v) is 9.43. The second-order valence-corrected chi connectivity index (χ2v) is 7.65. The number of benzene rings is 2.